The number of benzene rings is 2. The SMILES string of the molecule is CCOc1ccc2c(c1)CN(C(C)c1cc(CC)c(OC)c(C(C)(C)C)c1)C2=N. The first-order chi connectivity index (χ1) is 13.7. The molecule has 1 atom stereocenters. The zero-order valence-corrected chi connectivity index (χ0v) is 18.8. The number of amidine groups is 1. The summed E-state index contributed by atoms with van der Waals surface area (Å²) in [5, 5.41) is 8.75. The average molecular weight is 395 g/mol. The topological polar surface area (TPSA) is 45.6 Å². The van der Waals surface area contributed by atoms with Crippen molar-refractivity contribution < 1.29 is 9.47 Å². The third-order valence-electron chi connectivity index (χ3n) is 5.80. The Labute approximate surface area is 175 Å². The van der Waals surface area contributed by atoms with E-state index < -0.39 is 0 Å². The van der Waals surface area contributed by atoms with Crippen molar-refractivity contribution in [3.05, 3.63) is 58.1 Å². The Kier molecular flexibility index (Phi) is 5.92. The second-order valence-corrected chi connectivity index (χ2v) is 8.77. The molecule has 1 heterocycles. The molecule has 0 amide bonds. The van der Waals surface area contributed by atoms with Crippen molar-refractivity contribution in [1.82, 2.24) is 4.90 Å². The first-order valence-corrected chi connectivity index (χ1v) is 10.5. The van der Waals surface area contributed by atoms with E-state index in [1.165, 1.54) is 16.7 Å². The predicted molar refractivity (Wildman–Crippen MR) is 119 cm³/mol. The Bertz CT molecular complexity index is 912. The monoisotopic (exact) mass is 394 g/mol. The normalized spacial score (nSPS) is 14.7. The number of nitrogens with one attached hydrogen (secondary N) is 1. The van der Waals surface area contributed by atoms with Gasteiger partial charge in [0, 0.05) is 17.7 Å². The fourth-order valence-corrected chi connectivity index (χ4v) is 4.13. The second kappa shape index (κ2) is 8.10. The molecule has 0 spiro atoms. The van der Waals surface area contributed by atoms with E-state index in [0.29, 0.717) is 12.4 Å². The molecule has 4 nitrogen and oxygen atoms in total. The zero-order valence-electron chi connectivity index (χ0n) is 18.8. The summed E-state index contributed by atoms with van der Waals surface area (Å²) in [5.74, 6) is 2.46. The Hall–Kier alpha value is -2.49. The number of methoxy groups -OCH3 is 1. The maximum atomic E-state index is 8.75. The van der Waals surface area contributed by atoms with Crippen molar-refractivity contribution in [2.75, 3.05) is 13.7 Å². The van der Waals surface area contributed by atoms with Crippen LogP contribution in [0.2, 0.25) is 0 Å². The van der Waals surface area contributed by atoms with Gasteiger partial charge in [-0.2, -0.15) is 0 Å². The van der Waals surface area contributed by atoms with Crippen LogP contribution in [0.3, 0.4) is 0 Å². The smallest absolute Gasteiger partial charge is 0.129 e. The van der Waals surface area contributed by atoms with Gasteiger partial charge in [0.15, 0.2) is 0 Å². The Morgan fingerprint density at radius 2 is 1.86 bits per heavy atom. The van der Waals surface area contributed by atoms with Crippen LogP contribution in [0, 0.1) is 5.41 Å². The van der Waals surface area contributed by atoms with Crippen molar-refractivity contribution >= 4 is 5.84 Å². The van der Waals surface area contributed by atoms with Gasteiger partial charge < -0.3 is 14.4 Å². The van der Waals surface area contributed by atoms with Gasteiger partial charge in [-0.05, 0) is 66.6 Å². The fourth-order valence-electron chi connectivity index (χ4n) is 4.13. The minimum Gasteiger partial charge on any atom is -0.496 e. The maximum absolute atomic E-state index is 8.75. The molecule has 0 bridgehead atoms. The molecule has 1 aliphatic rings. The van der Waals surface area contributed by atoms with Crippen molar-refractivity contribution in [1.29, 1.82) is 5.41 Å². The lowest BCUT2D eigenvalue weighted by atomic mass is 9.82. The Morgan fingerprint density at radius 3 is 2.45 bits per heavy atom. The molecule has 2 aromatic rings. The van der Waals surface area contributed by atoms with Gasteiger partial charge in [-0.1, -0.05) is 33.8 Å². The van der Waals surface area contributed by atoms with E-state index >= 15 is 0 Å². The van der Waals surface area contributed by atoms with Gasteiger partial charge in [0.05, 0.1) is 19.8 Å². The third-order valence-corrected chi connectivity index (χ3v) is 5.80. The standard InChI is InChI=1S/C25H34N2O2/c1-8-17-12-18(14-22(23(17)28-7)25(4,5)6)16(3)27-15-19-13-20(29-9-2)10-11-21(19)24(27)26/h10-14,16,26H,8-9,15H2,1-7H3. The van der Waals surface area contributed by atoms with E-state index in [2.05, 4.69) is 57.7 Å². The highest BCUT2D eigenvalue weighted by atomic mass is 16.5. The van der Waals surface area contributed by atoms with Crippen LogP contribution in [-0.2, 0) is 18.4 Å². The van der Waals surface area contributed by atoms with Crippen LogP contribution < -0.4 is 9.47 Å². The number of ether oxygens (including phenoxy) is 2. The van der Waals surface area contributed by atoms with E-state index in [1.54, 1.807) is 7.11 Å². The fraction of sp³-hybridized carbons (Fsp3) is 0.480. The van der Waals surface area contributed by atoms with Gasteiger partial charge in [-0.25, -0.2) is 0 Å². The van der Waals surface area contributed by atoms with Crippen molar-refractivity contribution in [3.8, 4) is 11.5 Å². The van der Waals surface area contributed by atoms with Crippen LogP contribution in [-0.4, -0.2) is 24.5 Å². The van der Waals surface area contributed by atoms with Gasteiger partial charge in [-0.3, -0.25) is 5.41 Å². The minimum atomic E-state index is -0.0150. The van der Waals surface area contributed by atoms with E-state index in [1.807, 2.05) is 19.1 Å². The molecule has 0 saturated carbocycles. The van der Waals surface area contributed by atoms with Crippen molar-refractivity contribution in [3.63, 3.8) is 0 Å². The molecule has 1 unspecified atom stereocenters. The van der Waals surface area contributed by atoms with Crippen molar-refractivity contribution in [2.24, 2.45) is 0 Å². The van der Waals surface area contributed by atoms with Gasteiger partial charge in [0.2, 0.25) is 0 Å². The summed E-state index contributed by atoms with van der Waals surface area (Å²) in [6, 6.07) is 10.7. The van der Waals surface area contributed by atoms with E-state index in [0.717, 1.165) is 35.6 Å². The molecule has 4 heteroatoms. The highest BCUT2D eigenvalue weighted by Gasteiger charge is 2.31. The molecule has 0 aliphatic carbocycles. The highest BCUT2D eigenvalue weighted by Crippen LogP contribution is 2.39. The van der Waals surface area contributed by atoms with Gasteiger partial charge >= 0.3 is 0 Å². The largest absolute Gasteiger partial charge is 0.496 e. The van der Waals surface area contributed by atoms with Crippen LogP contribution in [0.5, 0.6) is 11.5 Å². The summed E-state index contributed by atoms with van der Waals surface area (Å²) < 4.78 is 11.4. The summed E-state index contributed by atoms with van der Waals surface area (Å²) in [5.41, 5.74) is 5.83. The highest BCUT2D eigenvalue weighted by molar-refractivity contribution is 6.00. The second-order valence-electron chi connectivity index (χ2n) is 8.77. The lowest BCUT2D eigenvalue weighted by Crippen LogP contribution is -2.28. The molecular formula is C25H34N2O2. The molecular weight excluding hydrogens is 360 g/mol. The van der Waals surface area contributed by atoms with E-state index in [4.69, 9.17) is 14.9 Å². The molecule has 2 aromatic carbocycles. The molecule has 1 aliphatic heterocycles. The minimum absolute atomic E-state index is 0.0150. The molecule has 1 N–H and O–H groups in total. The van der Waals surface area contributed by atoms with Crippen LogP contribution in [0.25, 0.3) is 0 Å². The van der Waals surface area contributed by atoms with E-state index in [-0.39, 0.29) is 11.5 Å². The maximum Gasteiger partial charge on any atom is 0.129 e. The van der Waals surface area contributed by atoms with Gasteiger partial charge in [0.1, 0.15) is 17.3 Å². The first-order valence-electron chi connectivity index (χ1n) is 10.5. The summed E-state index contributed by atoms with van der Waals surface area (Å²) in [4.78, 5) is 2.17. The van der Waals surface area contributed by atoms with Gasteiger partial charge in [0.25, 0.3) is 0 Å². The molecule has 0 fully saturated rings. The first kappa shape index (κ1) is 21.2. The quantitative estimate of drug-likeness (QED) is 0.668. The third kappa shape index (κ3) is 3.98. The number of aryl methyl sites for hydroxylation is 1. The summed E-state index contributed by atoms with van der Waals surface area (Å²) in [7, 11) is 1.76. The summed E-state index contributed by atoms with van der Waals surface area (Å²) >= 11 is 0. The molecule has 3 rings (SSSR count). The predicted octanol–water partition coefficient (Wildman–Crippen LogP) is 5.86. The average Bonchev–Trinajstić information content (AvgIpc) is 3.01. The molecule has 0 saturated heterocycles. The van der Waals surface area contributed by atoms with E-state index in [9.17, 15) is 0 Å². The lowest BCUT2D eigenvalue weighted by Gasteiger charge is -2.30. The molecule has 0 radical (unpaired) electrons. The Morgan fingerprint density at radius 1 is 1.14 bits per heavy atom. The number of nitrogens with zero attached hydrogens (tertiary/aromatic N) is 1. The van der Waals surface area contributed by atoms with Crippen LogP contribution in [0.1, 0.15) is 75.4 Å². The Balaban J connectivity index is 1.98. The molecule has 29 heavy (non-hydrogen) atoms. The number of hydrogen-bond donors (Lipinski definition) is 1. The number of rotatable bonds is 6. The summed E-state index contributed by atoms with van der Waals surface area (Å²) in [6.07, 6.45) is 0.919. The molecule has 0 aromatic heterocycles. The van der Waals surface area contributed by atoms with Crippen molar-refractivity contribution in [2.45, 2.75) is 66.0 Å². The number of hydrogen-bond acceptors (Lipinski definition) is 3. The lowest BCUT2D eigenvalue weighted by molar-refractivity contribution is 0.333. The van der Waals surface area contributed by atoms with Crippen LogP contribution in [0.4, 0.5) is 0 Å². The zero-order chi connectivity index (χ0) is 21.3. The summed E-state index contributed by atoms with van der Waals surface area (Å²) in [6.45, 7) is 14.4. The number of fused-ring (bicyclic) bond motifs is 1. The molecule has 156 valence electrons. The van der Waals surface area contributed by atoms with Crippen LogP contribution >= 0.6 is 0 Å². The van der Waals surface area contributed by atoms with Gasteiger partial charge in [-0.15, -0.1) is 0 Å². The van der Waals surface area contributed by atoms with Crippen LogP contribution in [0.15, 0.2) is 30.3 Å².